The van der Waals surface area contributed by atoms with Crippen molar-refractivity contribution in [1.82, 2.24) is 0 Å². The van der Waals surface area contributed by atoms with Crippen LogP contribution >= 0.6 is 11.3 Å². The Morgan fingerprint density at radius 3 is 2.55 bits per heavy atom. The summed E-state index contributed by atoms with van der Waals surface area (Å²) < 4.78 is 5.04. The van der Waals surface area contributed by atoms with E-state index < -0.39 is 0 Å². The summed E-state index contributed by atoms with van der Waals surface area (Å²) in [6.45, 7) is 11.2. The Morgan fingerprint density at radius 2 is 2.00 bits per heavy atom. The van der Waals surface area contributed by atoms with Gasteiger partial charge in [0.1, 0.15) is 5.00 Å². The quantitative estimate of drug-likeness (QED) is 0.754. The van der Waals surface area contributed by atoms with Crippen molar-refractivity contribution in [2.45, 2.75) is 53.0 Å². The van der Waals surface area contributed by atoms with Crippen molar-refractivity contribution in [1.29, 1.82) is 0 Å². The Bertz CT molecular complexity index is 518. The van der Waals surface area contributed by atoms with Crippen molar-refractivity contribution in [2.24, 2.45) is 0 Å². The molecule has 0 bridgehead atoms. The summed E-state index contributed by atoms with van der Waals surface area (Å²) in [7, 11) is 0. The predicted molar refractivity (Wildman–Crippen MR) is 89.4 cm³/mol. The highest BCUT2D eigenvalue weighted by Crippen LogP contribution is 2.29. The van der Waals surface area contributed by atoms with Gasteiger partial charge in [0.2, 0.25) is 5.91 Å². The molecular formula is C16H27N2O3S+. The number of ether oxygens (including phenoxy) is 1. The first-order valence-corrected chi connectivity index (χ1v) is 8.52. The number of rotatable bonds is 7. The molecule has 1 rings (SSSR count). The third kappa shape index (κ3) is 6.15. The van der Waals surface area contributed by atoms with Crippen LogP contribution in [0, 0.1) is 0 Å². The SMILES string of the molecule is CCOC(=O)c1cc(CC)sc1NC(=O)CC[NH2+]C(C)(C)C. The number of quaternary nitrogens is 1. The predicted octanol–water partition coefficient (Wildman–Crippen LogP) is 2.18. The average Bonchev–Trinajstić information content (AvgIpc) is 2.80. The van der Waals surface area contributed by atoms with Crippen molar-refractivity contribution in [2.75, 3.05) is 18.5 Å². The number of amides is 1. The molecule has 0 saturated carbocycles. The lowest BCUT2D eigenvalue weighted by Gasteiger charge is -2.16. The lowest BCUT2D eigenvalue weighted by atomic mass is 10.1. The van der Waals surface area contributed by atoms with E-state index in [1.54, 1.807) is 13.0 Å². The fourth-order valence-corrected chi connectivity index (χ4v) is 2.90. The fraction of sp³-hybridized carbons (Fsp3) is 0.625. The lowest BCUT2D eigenvalue weighted by molar-refractivity contribution is -0.716. The van der Waals surface area contributed by atoms with Gasteiger partial charge in [-0.15, -0.1) is 11.3 Å². The zero-order valence-corrected chi connectivity index (χ0v) is 14.9. The second-order valence-electron chi connectivity index (χ2n) is 6.19. The van der Waals surface area contributed by atoms with Gasteiger partial charge in [0.15, 0.2) is 0 Å². The van der Waals surface area contributed by atoms with E-state index in [4.69, 9.17) is 4.74 Å². The number of aryl methyl sites for hydroxylation is 1. The first kappa shape index (κ1) is 18.6. The first-order chi connectivity index (χ1) is 10.3. The molecule has 0 aliphatic rings. The smallest absolute Gasteiger partial charge is 0.341 e. The van der Waals surface area contributed by atoms with Crippen LogP contribution in [0.2, 0.25) is 0 Å². The summed E-state index contributed by atoms with van der Waals surface area (Å²) in [5, 5.41) is 5.57. The van der Waals surface area contributed by atoms with E-state index in [0.717, 1.165) is 17.8 Å². The molecule has 6 heteroatoms. The van der Waals surface area contributed by atoms with E-state index in [-0.39, 0.29) is 17.4 Å². The van der Waals surface area contributed by atoms with Gasteiger partial charge in [-0.25, -0.2) is 4.79 Å². The van der Waals surface area contributed by atoms with Gasteiger partial charge in [-0.1, -0.05) is 6.92 Å². The molecule has 124 valence electrons. The van der Waals surface area contributed by atoms with Crippen LogP contribution < -0.4 is 10.6 Å². The maximum Gasteiger partial charge on any atom is 0.341 e. The monoisotopic (exact) mass is 327 g/mol. The topological polar surface area (TPSA) is 72.0 Å². The van der Waals surface area contributed by atoms with E-state index >= 15 is 0 Å². The molecule has 0 unspecified atom stereocenters. The van der Waals surface area contributed by atoms with Crippen LogP contribution in [-0.2, 0) is 16.0 Å². The van der Waals surface area contributed by atoms with E-state index in [1.165, 1.54) is 11.3 Å². The molecule has 0 saturated heterocycles. The van der Waals surface area contributed by atoms with Crippen LogP contribution in [0.1, 0.15) is 56.3 Å². The Balaban J connectivity index is 2.69. The number of thiophene rings is 1. The lowest BCUT2D eigenvalue weighted by Crippen LogP contribution is -2.94. The summed E-state index contributed by atoms with van der Waals surface area (Å²) in [5.74, 6) is -0.453. The zero-order chi connectivity index (χ0) is 16.8. The molecule has 0 aliphatic heterocycles. The molecular weight excluding hydrogens is 300 g/mol. The second-order valence-corrected chi connectivity index (χ2v) is 7.32. The largest absolute Gasteiger partial charge is 0.462 e. The summed E-state index contributed by atoms with van der Waals surface area (Å²) in [6, 6.07) is 1.81. The normalized spacial score (nSPS) is 11.3. The van der Waals surface area contributed by atoms with E-state index in [0.29, 0.717) is 23.6 Å². The highest BCUT2D eigenvalue weighted by molar-refractivity contribution is 7.16. The van der Waals surface area contributed by atoms with Crippen molar-refractivity contribution in [3.8, 4) is 0 Å². The third-order valence-corrected chi connectivity index (χ3v) is 4.20. The van der Waals surface area contributed by atoms with Crippen LogP contribution in [0.25, 0.3) is 0 Å². The molecule has 0 spiro atoms. The molecule has 5 nitrogen and oxygen atoms in total. The van der Waals surface area contributed by atoms with Crippen LogP contribution in [0.4, 0.5) is 5.00 Å². The van der Waals surface area contributed by atoms with E-state index in [2.05, 4.69) is 31.4 Å². The van der Waals surface area contributed by atoms with Gasteiger partial charge in [0.05, 0.1) is 30.7 Å². The van der Waals surface area contributed by atoms with Gasteiger partial charge in [-0.3, -0.25) is 4.79 Å². The molecule has 0 aliphatic carbocycles. The second kappa shape index (κ2) is 8.29. The van der Waals surface area contributed by atoms with Crippen LogP contribution in [-0.4, -0.2) is 30.6 Å². The molecule has 0 atom stereocenters. The zero-order valence-electron chi connectivity index (χ0n) is 14.1. The number of esters is 1. The summed E-state index contributed by atoms with van der Waals surface area (Å²) in [4.78, 5) is 25.1. The highest BCUT2D eigenvalue weighted by Gasteiger charge is 2.19. The number of nitrogens with one attached hydrogen (secondary N) is 1. The number of anilines is 1. The molecule has 3 N–H and O–H groups in total. The minimum atomic E-state index is -0.380. The van der Waals surface area contributed by atoms with Gasteiger partial charge in [0, 0.05) is 4.88 Å². The Morgan fingerprint density at radius 1 is 1.32 bits per heavy atom. The van der Waals surface area contributed by atoms with Gasteiger partial charge in [-0.05, 0) is 40.2 Å². The van der Waals surface area contributed by atoms with Crippen molar-refractivity contribution < 1.29 is 19.6 Å². The molecule has 0 radical (unpaired) electrons. The Hall–Kier alpha value is -1.40. The summed E-state index contributed by atoms with van der Waals surface area (Å²) in [6.07, 6.45) is 1.24. The molecule has 0 aromatic carbocycles. The molecule has 22 heavy (non-hydrogen) atoms. The minimum absolute atomic E-state index is 0.0736. The van der Waals surface area contributed by atoms with Crippen LogP contribution in [0.3, 0.4) is 0 Å². The molecule has 1 amide bonds. The van der Waals surface area contributed by atoms with Crippen LogP contribution in [0.15, 0.2) is 6.07 Å². The van der Waals surface area contributed by atoms with Crippen LogP contribution in [0.5, 0.6) is 0 Å². The van der Waals surface area contributed by atoms with Crippen molar-refractivity contribution in [3.05, 3.63) is 16.5 Å². The maximum absolute atomic E-state index is 12.1. The highest BCUT2D eigenvalue weighted by atomic mass is 32.1. The molecule has 1 heterocycles. The van der Waals surface area contributed by atoms with Crippen molar-refractivity contribution in [3.63, 3.8) is 0 Å². The summed E-state index contributed by atoms with van der Waals surface area (Å²) >= 11 is 1.44. The van der Waals surface area contributed by atoms with E-state index in [9.17, 15) is 9.59 Å². The Kier molecular flexibility index (Phi) is 7.03. The molecule has 0 fully saturated rings. The van der Waals surface area contributed by atoms with Gasteiger partial charge in [0.25, 0.3) is 0 Å². The van der Waals surface area contributed by atoms with Crippen molar-refractivity contribution >= 4 is 28.2 Å². The Labute approximate surface area is 136 Å². The van der Waals surface area contributed by atoms with Gasteiger partial charge < -0.3 is 15.4 Å². The number of nitrogens with two attached hydrogens (primary N) is 1. The first-order valence-electron chi connectivity index (χ1n) is 7.70. The standard InChI is InChI=1S/C16H26N2O3S/c1-6-11-10-12(15(20)21-7-2)14(22-11)18-13(19)8-9-17-16(3,4)5/h10,17H,6-9H2,1-5H3,(H,18,19)/p+1. The number of carbonyl (C=O) groups is 2. The third-order valence-electron chi connectivity index (χ3n) is 3.01. The molecule has 1 aromatic rings. The summed E-state index contributed by atoms with van der Waals surface area (Å²) in [5.41, 5.74) is 0.561. The number of hydrogen-bond acceptors (Lipinski definition) is 4. The van der Waals surface area contributed by atoms with E-state index in [1.807, 2.05) is 6.92 Å². The maximum atomic E-state index is 12.1. The average molecular weight is 327 g/mol. The molecule has 1 aromatic heterocycles. The number of hydrogen-bond donors (Lipinski definition) is 2. The van der Waals surface area contributed by atoms with Gasteiger partial charge >= 0.3 is 5.97 Å². The number of carbonyl (C=O) groups excluding carboxylic acids is 2. The fourth-order valence-electron chi connectivity index (χ4n) is 1.90. The minimum Gasteiger partial charge on any atom is -0.462 e. The van der Waals surface area contributed by atoms with Gasteiger partial charge in [-0.2, -0.15) is 0 Å².